The minimum atomic E-state index is -3.80. The maximum absolute atomic E-state index is 12.9. The summed E-state index contributed by atoms with van der Waals surface area (Å²) in [4.78, 5) is 27.9. The molecule has 10 heteroatoms. The molecule has 3 heterocycles. The topological polar surface area (TPSA) is 80.2 Å². The van der Waals surface area contributed by atoms with Gasteiger partial charge in [0.25, 0.3) is 5.91 Å². The number of rotatable bonds is 6. The van der Waals surface area contributed by atoms with Crippen molar-refractivity contribution in [3.05, 3.63) is 60.8 Å². The maximum Gasteiger partial charge on any atom is 0.487 e. The molecule has 33 heavy (non-hydrogen) atoms. The van der Waals surface area contributed by atoms with Crippen LogP contribution in [-0.4, -0.2) is 39.5 Å². The van der Waals surface area contributed by atoms with E-state index in [0.29, 0.717) is 17.2 Å². The van der Waals surface area contributed by atoms with E-state index in [2.05, 4.69) is 36.8 Å². The van der Waals surface area contributed by atoms with Crippen LogP contribution in [0.4, 0.5) is 20.3 Å². The van der Waals surface area contributed by atoms with Crippen LogP contribution in [0.1, 0.15) is 30.1 Å². The Morgan fingerprint density at radius 2 is 1.94 bits per heavy atom. The van der Waals surface area contributed by atoms with Gasteiger partial charge in [0, 0.05) is 60.1 Å². The molecule has 1 N–H and O–H groups in total. The van der Waals surface area contributed by atoms with E-state index >= 15 is 0 Å². The molecule has 0 radical (unpaired) electrons. The molecular weight excluding hydrogens is 452 g/mol. The monoisotopic (exact) mass is 473 g/mol. The molecule has 0 bridgehead atoms. The average molecular weight is 474 g/mol. The zero-order valence-corrected chi connectivity index (χ0v) is 18.6. The zero-order chi connectivity index (χ0) is 23.4. The Morgan fingerprint density at radius 1 is 1.21 bits per heavy atom. The fourth-order valence-corrected chi connectivity index (χ4v) is 3.90. The molecule has 0 saturated carbocycles. The summed E-state index contributed by atoms with van der Waals surface area (Å²) in [7, 11) is 0. The first-order valence-electron chi connectivity index (χ1n) is 10.5. The Hall–Kier alpha value is -3.33. The van der Waals surface area contributed by atoms with Crippen molar-refractivity contribution in [3.63, 3.8) is 0 Å². The molecule has 7 nitrogen and oxygen atoms in total. The number of hydrogen-bond acceptors (Lipinski definition) is 6. The normalized spacial score (nSPS) is 16.4. The molecule has 1 fully saturated rings. The largest absolute Gasteiger partial charge is 0.487 e. The number of amides is 1. The maximum atomic E-state index is 12.9. The molecule has 1 aliphatic rings. The van der Waals surface area contributed by atoms with E-state index in [1.54, 1.807) is 18.5 Å². The molecule has 1 aliphatic heterocycles. The van der Waals surface area contributed by atoms with Crippen LogP contribution >= 0.6 is 11.6 Å². The summed E-state index contributed by atoms with van der Waals surface area (Å²) < 4.78 is 29.8. The van der Waals surface area contributed by atoms with Crippen molar-refractivity contribution in [1.29, 1.82) is 0 Å². The number of anilines is 2. The number of nitrogens with zero attached hydrogens (tertiary/aromatic N) is 4. The van der Waals surface area contributed by atoms with Gasteiger partial charge >= 0.3 is 5.57 Å². The second-order valence-electron chi connectivity index (χ2n) is 7.94. The molecule has 172 valence electrons. The van der Waals surface area contributed by atoms with Crippen molar-refractivity contribution in [2.45, 2.75) is 25.3 Å². The number of halogens is 3. The standard InChI is InChI=1S/C23H22ClF2N5O2/c1-15-3-2-8-31(13-15)21-20(17-10-27-14-28-11-17)9-16(12-29-21)22(32)30-18-4-6-19(7-5-18)33-23(24,25)26/h4-7,9-12,14-15H,2-3,8,13H2,1H3,(H,30,32)/t15-/m1/s1. The second kappa shape index (κ2) is 9.66. The fraction of sp³-hybridized carbons (Fsp3) is 0.304. The summed E-state index contributed by atoms with van der Waals surface area (Å²) in [5.74, 6) is 0.821. The molecular formula is C23H22ClF2N5O2. The lowest BCUT2D eigenvalue weighted by atomic mass is 9.99. The van der Waals surface area contributed by atoms with Gasteiger partial charge in [-0.1, -0.05) is 6.92 Å². The van der Waals surface area contributed by atoms with E-state index in [4.69, 9.17) is 11.6 Å². The van der Waals surface area contributed by atoms with Gasteiger partial charge in [0.15, 0.2) is 0 Å². The molecule has 1 atom stereocenters. The summed E-state index contributed by atoms with van der Waals surface area (Å²) in [6.07, 6.45) is 8.60. The molecule has 1 saturated heterocycles. The summed E-state index contributed by atoms with van der Waals surface area (Å²) in [5, 5.41) is 2.73. The zero-order valence-electron chi connectivity index (χ0n) is 17.8. The predicted molar refractivity (Wildman–Crippen MR) is 122 cm³/mol. The molecule has 0 spiro atoms. The van der Waals surface area contributed by atoms with E-state index < -0.39 is 11.5 Å². The second-order valence-corrected chi connectivity index (χ2v) is 8.38. The van der Waals surface area contributed by atoms with Crippen LogP contribution in [0.2, 0.25) is 0 Å². The highest BCUT2D eigenvalue weighted by Gasteiger charge is 2.27. The van der Waals surface area contributed by atoms with Gasteiger partial charge < -0.3 is 15.0 Å². The number of piperidine rings is 1. The Labute approximate surface area is 194 Å². The van der Waals surface area contributed by atoms with Crippen LogP contribution in [0.5, 0.6) is 5.75 Å². The number of nitrogens with one attached hydrogen (secondary N) is 1. The molecule has 1 amide bonds. The molecule has 0 unspecified atom stereocenters. The van der Waals surface area contributed by atoms with Crippen LogP contribution in [0.15, 0.2) is 55.2 Å². The van der Waals surface area contributed by atoms with E-state index in [9.17, 15) is 13.6 Å². The average Bonchev–Trinajstić information content (AvgIpc) is 2.79. The third kappa shape index (κ3) is 5.92. The van der Waals surface area contributed by atoms with Gasteiger partial charge in [0.2, 0.25) is 0 Å². The molecule has 4 rings (SSSR count). The summed E-state index contributed by atoms with van der Waals surface area (Å²) >= 11 is 4.77. The van der Waals surface area contributed by atoms with Gasteiger partial charge in [0.1, 0.15) is 17.9 Å². The van der Waals surface area contributed by atoms with Crippen LogP contribution in [0, 0.1) is 5.92 Å². The highest BCUT2D eigenvalue weighted by atomic mass is 35.5. The minimum absolute atomic E-state index is 0.124. The first-order valence-corrected chi connectivity index (χ1v) is 10.8. The van der Waals surface area contributed by atoms with Crippen molar-refractivity contribution in [3.8, 4) is 16.9 Å². The smallest absolute Gasteiger partial charge is 0.420 e. The Morgan fingerprint density at radius 3 is 2.61 bits per heavy atom. The van der Waals surface area contributed by atoms with Crippen molar-refractivity contribution in [2.24, 2.45) is 5.92 Å². The number of carbonyl (C=O) groups excluding carboxylic acids is 1. The Bertz CT molecular complexity index is 1110. The Balaban J connectivity index is 1.58. The summed E-state index contributed by atoms with van der Waals surface area (Å²) in [6, 6.07) is 7.23. The fourth-order valence-electron chi connectivity index (χ4n) is 3.81. The van der Waals surface area contributed by atoms with E-state index in [0.717, 1.165) is 36.5 Å². The lowest BCUT2D eigenvalue weighted by Crippen LogP contribution is -2.35. The number of alkyl halides is 3. The van der Waals surface area contributed by atoms with Crippen molar-refractivity contribution in [1.82, 2.24) is 15.0 Å². The van der Waals surface area contributed by atoms with Crippen LogP contribution in [-0.2, 0) is 0 Å². The van der Waals surface area contributed by atoms with Gasteiger partial charge in [-0.15, -0.1) is 8.78 Å². The highest BCUT2D eigenvalue weighted by molar-refractivity contribution is 6.20. The van der Waals surface area contributed by atoms with Crippen molar-refractivity contribution in [2.75, 3.05) is 23.3 Å². The van der Waals surface area contributed by atoms with Crippen LogP contribution < -0.4 is 15.0 Å². The van der Waals surface area contributed by atoms with Crippen molar-refractivity contribution < 1.29 is 18.3 Å². The number of pyridine rings is 1. The number of ether oxygens (including phenoxy) is 1. The van der Waals surface area contributed by atoms with Gasteiger partial charge in [-0.05, 0) is 49.1 Å². The lowest BCUT2D eigenvalue weighted by Gasteiger charge is -2.33. The first kappa shape index (κ1) is 22.8. The van der Waals surface area contributed by atoms with Gasteiger partial charge in [-0.25, -0.2) is 15.0 Å². The number of benzene rings is 1. The van der Waals surface area contributed by atoms with E-state index in [1.807, 2.05) is 0 Å². The minimum Gasteiger partial charge on any atom is -0.420 e. The molecule has 1 aromatic carbocycles. The summed E-state index contributed by atoms with van der Waals surface area (Å²) in [6.45, 7) is 3.98. The van der Waals surface area contributed by atoms with E-state index in [1.165, 1.54) is 43.2 Å². The van der Waals surface area contributed by atoms with Gasteiger partial charge in [-0.2, -0.15) is 0 Å². The predicted octanol–water partition coefficient (Wildman–Crippen LogP) is 5.20. The third-order valence-electron chi connectivity index (χ3n) is 5.30. The lowest BCUT2D eigenvalue weighted by molar-refractivity contribution is -0.0964. The highest BCUT2D eigenvalue weighted by Crippen LogP contribution is 2.32. The molecule has 2 aromatic heterocycles. The molecule has 3 aromatic rings. The van der Waals surface area contributed by atoms with Crippen molar-refractivity contribution >= 4 is 29.0 Å². The van der Waals surface area contributed by atoms with Crippen LogP contribution in [0.25, 0.3) is 11.1 Å². The number of aromatic nitrogens is 3. The first-order chi connectivity index (χ1) is 15.8. The number of carbonyl (C=O) groups is 1. The molecule has 0 aliphatic carbocycles. The quantitative estimate of drug-likeness (QED) is 0.496. The third-order valence-corrected chi connectivity index (χ3v) is 5.38. The van der Waals surface area contributed by atoms with Gasteiger partial charge in [0.05, 0.1) is 5.56 Å². The SMILES string of the molecule is C[C@@H]1CCCN(c2ncc(C(=O)Nc3ccc(OC(F)(F)Cl)cc3)cc2-c2cncnc2)C1. The van der Waals surface area contributed by atoms with Gasteiger partial charge in [-0.3, -0.25) is 4.79 Å². The summed E-state index contributed by atoms with van der Waals surface area (Å²) in [5.41, 5.74) is -1.53. The van der Waals surface area contributed by atoms with E-state index in [-0.39, 0.29) is 5.75 Å². The van der Waals surface area contributed by atoms with Crippen LogP contribution in [0.3, 0.4) is 0 Å². The Kier molecular flexibility index (Phi) is 6.69. The number of hydrogen-bond donors (Lipinski definition) is 1.